The Morgan fingerprint density at radius 3 is 2.88 bits per heavy atom. The molecule has 7 heteroatoms. The van der Waals surface area contributed by atoms with E-state index in [1.165, 1.54) is 0 Å². The van der Waals surface area contributed by atoms with Crippen LogP contribution in [0.5, 0.6) is 0 Å². The number of aryl methyl sites for hydroxylation is 1. The number of halogens is 2. The Labute approximate surface area is 116 Å². The molecule has 1 N–H and O–H groups in total. The molecule has 0 unspecified atom stereocenters. The Bertz CT molecular complexity index is 475. The molecule has 2 aromatic rings. The third-order valence-corrected chi connectivity index (χ3v) is 4.04. The largest absolute Gasteiger partial charge is 0.452 e. The quantitative estimate of drug-likeness (QED) is 0.828. The number of rotatable bonds is 5. The molecule has 0 aliphatic rings. The molecular weight excluding hydrogens is 352 g/mol. The molecule has 0 saturated heterocycles. The van der Waals surface area contributed by atoms with Crippen molar-refractivity contribution < 1.29 is 4.42 Å². The summed E-state index contributed by atoms with van der Waals surface area (Å²) in [4.78, 5) is 0. The summed E-state index contributed by atoms with van der Waals surface area (Å²) in [6.07, 6.45) is 2.55. The van der Waals surface area contributed by atoms with Gasteiger partial charge in [-0.05, 0) is 37.9 Å². The maximum Gasteiger partial charge on any atom is 0.183 e. The van der Waals surface area contributed by atoms with E-state index in [-0.39, 0.29) is 0 Å². The Hall–Kier alpha value is -0.660. The fourth-order valence-corrected chi connectivity index (χ4v) is 2.08. The van der Waals surface area contributed by atoms with Gasteiger partial charge in [0, 0.05) is 20.0 Å². The lowest BCUT2D eigenvalue weighted by Crippen LogP contribution is -2.17. The highest BCUT2D eigenvalue weighted by Crippen LogP contribution is 2.26. The zero-order valence-electron chi connectivity index (χ0n) is 9.28. The maximum absolute atomic E-state index is 5.45. The van der Waals surface area contributed by atoms with Gasteiger partial charge in [0.25, 0.3) is 0 Å². The molecule has 0 fully saturated rings. The molecule has 92 valence electrons. The first-order chi connectivity index (χ1) is 8.16. The third kappa shape index (κ3) is 3.40. The summed E-state index contributed by atoms with van der Waals surface area (Å²) in [5.74, 6) is 1.86. The van der Waals surface area contributed by atoms with Gasteiger partial charge < -0.3 is 14.3 Å². The van der Waals surface area contributed by atoms with Crippen molar-refractivity contribution in [2.24, 2.45) is 7.05 Å². The van der Waals surface area contributed by atoms with Crippen molar-refractivity contribution in [1.82, 2.24) is 20.1 Å². The molecule has 0 atom stereocenters. The standard InChI is InChI=1S/C10H12Br2N4O/c1-16-6-14-15-9(16)2-3-13-5-7-4-8(11)10(12)17-7/h4,6,13H,2-3,5H2,1H3. The van der Waals surface area contributed by atoms with Gasteiger partial charge >= 0.3 is 0 Å². The van der Waals surface area contributed by atoms with Gasteiger partial charge in [0.2, 0.25) is 0 Å². The average molecular weight is 364 g/mol. The molecule has 0 aromatic carbocycles. The van der Waals surface area contributed by atoms with Crippen molar-refractivity contribution in [3.05, 3.63) is 33.1 Å². The van der Waals surface area contributed by atoms with Crippen LogP contribution < -0.4 is 5.32 Å². The first kappa shape index (κ1) is 12.8. The van der Waals surface area contributed by atoms with E-state index >= 15 is 0 Å². The first-order valence-electron chi connectivity index (χ1n) is 5.14. The van der Waals surface area contributed by atoms with E-state index in [0.717, 1.165) is 33.7 Å². The normalized spacial score (nSPS) is 11.0. The van der Waals surface area contributed by atoms with E-state index in [1.807, 2.05) is 17.7 Å². The lowest BCUT2D eigenvalue weighted by molar-refractivity contribution is 0.464. The lowest BCUT2D eigenvalue weighted by atomic mass is 10.4. The zero-order valence-corrected chi connectivity index (χ0v) is 12.5. The monoisotopic (exact) mass is 362 g/mol. The molecule has 0 radical (unpaired) electrons. The van der Waals surface area contributed by atoms with E-state index in [4.69, 9.17) is 4.42 Å². The van der Waals surface area contributed by atoms with Crippen LogP contribution in [0.15, 0.2) is 26.0 Å². The van der Waals surface area contributed by atoms with Crippen LogP contribution in [0.1, 0.15) is 11.6 Å². The highest BCUT2D eigenvalue weighted by Gasteiger charge is 2.05. The number of hydrogen-bond donors (Lipinski definition) is 1. The first-order valence-corrected chi connectivity index (χ1v) is 6.72. The van der Waals surface area contributed by atoms with Crippen LogP contribution in [0, 0.1) is 0 Å². The summed E-state index contributed by atoms with van der Waals surface area (Å²) in [5, 5.41) is 11.1. The summed E-state index contributed by atoms with van der Waals surface area (Å²) in [6.45, 7) is 1.53. The fourth-order valence-electron chi connectivity index (χ4n) is 1.42. The van der Waals surface area contributed by atoms with Crippen molar-refractivity contribution in [3.8, 4) is 0 Å². The zero-order chi connectivity index (χ0) is 12.3. The topological polar surface area (TPSA) is 55.9 Å². The highest BCUT2D eigenvalue weighted by atomic mass is 79.9. The van der Waals surface area contributed by atoms with E-state index in [1.54, 1.807) is 6.33 Å². The molecule has 0 spiro atoms. The Balaban J connectivity index is 1.75. The van der Waals surface area contributed by atoms with Crippen LogP contribution in [-0.4, -0.2) is 21.3 Å². The number of nitrogens with zero attached hydrogens (tertiary/aromatic N) is 3. The minimum Gasteiger partial charge on any atom is -0.452 e. The third-order valence-electron chi connectivity index (χ3n) is 2.33. The second-order valence-corrected chi connectivity index (χ2v) is 5.19. The van der Waals surface area contributed by atoms with Crippen molar-refractivity contribution in [1.29, 1.82) is 0 Å². The predicted molar refractivity (Wildman–Crippen MR) is 70.5 cm³/mol. The van der Waals surface area contributed by atoms with Crippen molar-refractivity contribution in [2.75, 3.05) is 6.54 Å². The summed E-state index contributed by atoms with van der Waals surface area (Å²) < 4.78 is 9.03. The highest BCUT2D eigenvalue weighted by molar-refractivity contribution is 9.13. The Morgan fingerprint density at radius 1 is 1.47 bits per heavy atom. The van der Waals surface area contributed by atoms with Gasteiger partial charge in [0.05, 0.1) is 11.0 Å². The molecule has 0 saturated carbocycles. The minimum absolute atomic E-state index is 0.696. The Morgan fingerprint density at radius 2 is 2.29 bits per heavy atom. The molecular formula is C10H12Br2N4O. The minimum atomic E-state index is 0.696. The summed E-state index contributed by atoms with van der Waals surface area (Å²) in [5.41, 5.74) is 0. The van der Waals surface area contributed by atoms with Gasteiger partial charge in [-0.1, -0.05) is 0 Å². The molecule has 2 rings (SSSR count). The van der Waals surface area contributed by atoms with Crippen molar-refractivity contribution in [3.63, 3.8) is 0 Å². The second-order valence-electron chi connectivity index (χ2n) is 3.62. The number of aromatic nitrogens is 3. The van der Waals surface area contributed by atoms with E-state index in [0.29, 0.717) is 6.54 Å². The maximum atomic E-state index is 5.45. The average Bonchev–Trinajstić information content (AvgIpc) is 2.82. The van der Waals surface area contributed by atoms with Gasteiger partial charge in [0.1, 0.15) is 17.9 Å². The van der Waals surface area contributed by atoms with E-state index in [2.05, 4.69) is 47.4 Å². The van der Waals surface area contributed by atoms with Crippen molar-refractivity contribution >= 4 is 31.9 Å². The summed E-state index contributed by atoms with van der Waals surface area (Å²) in [7, 11) is 1.94. The smallest absolute Gasteiger partial charge is 0.183 e. The molecule has 0 bridgehead atoms. The summed E-state index contributed by atoms with van der Waals surface area (Å²) in [6, 6.07) is 1.94. The van der Waals surface area contributed by atoms with Crippen LogP contribution in [0.4, 0.5) is 0 Å². The van der Waals surface area contributed by atoms with E-state index in [9.17, 15) is 0 Å². The molecule has 0 amide bonds. The van der Waals surface area contributed by atoms with Crippen molar-refractivity contribution in [2.45, 2.75) is 13.0 Å². The lowest BCUT2D eigenvalue weighted by Gasteiger charge is -2.02. The molecule has 2 aromatic heterocycles. The molecule has 0 aliphatic heterocycles. The molecule has 0 aliphatic carbocycles. The van der Waals surface area contributed by atoms with Crippen LogP contribution >= 0.6 is 31.9 Å². The van der Waals surface area contributed by atoms with Gasteiger partial charge in [0.15, 0.2) is 4.67 Å². The van der Waals surface area contributed by atoms with Crippen LogP contribution in [0.25, 0.3) is 0 Å². The fraction of sp³-hybridized carbons (Fsp3) is 0.400. The summed E-state index contributed by atoms with van der Waals surface area (Å²) >= 11 is 6.68. The van der Waals surface area contributed by atoms with E-state index < -0.39 is 0 Å². The number of nitrogens with one attached hydrogen (secondary N) is 1. The van der Waals surface area contributed by atoms with Crippen LogP contribution in [0.3, 0.4) is 0 Å². The van der Waals surface area contributed by atoms with Gasteiger partial charge in [-0.15, -0.1) is 10.2 Å². The van der Waals surface area contributed by atoms with Gasteiger partial charge in [-0.3, -0.25) is 0 Å². The van der Waals surface area contributed by atoms with Gasteiger partial charge in [-0.25, -0.2) is 0 Å². The number of furan rings is 1. The molecule has 2 heterocycles. The number of hydrogen-bond acceptors (Lipinski definition) is 4. The Kier molecular flexibility index (Phi) is 4.36. The van der Waals surface area contributed by atoms with Gasteiger partial charge in [-0.2, -0.15) is 0 Å². The SMILES string of the molecule is Cn1cnnc1CCNCc1cc(Br)c(Br)o1. The van der Waals surface area contributed by atoms with Crippen LogP contribution in [0.2, 0.25) is 0 Å². The molecule has 17 heavy (non-hydrogen) atoms. The van der Waals surface area contributed by atoms with Crippen LogP contribution in [-0.2, 0) is 20.0 Å². The second kappa shape index (κ2) is 5.79. The predicted octanol–water partition coefficient (Wildman–Crippen LogP) is 2.27. The molecule has 5 nitrogen and oxygen atoms in total.